The van der Waals surface area contributed by atoms with Gasteiger partial charge in [-0.15, -0.1) is 0 Å². The summed E-state index contributed by atoms with van der Waals surface area (Å²) in [6.45, 7) is 4.04. The first kappa shape index (κ1) is 6.54. The quantitative estimate of drug-likeness (QED) is 0.504. The lowest BCUT2D eigenvalue weighted by atomic mass is 10.3. The van der Waals surface area contributed by atoms with E-state index in [-0.39, 0.29) is 0 Å². The third kappa shape index (κ3) is 3.37. The van der Waals surface area contributed by atoms with Gasteiger partial charge in [-0.05, 0) is 12.8 Å². The fourth-order valence-electron chi connectivity index (χ4n) is 0.391. The molecule has 1 nitrogen and oxygen atoms in total. The fourth-order valence-corrected chi connectivity index (χ4v) is 0.391. The SMILES string of the molecule is CC/C=C(/[NH])CC. The predicted octanol–water partition coefficient (Wildman–Crippen LogP) is 1.97. The summed E-state index contributed by atoms with van der Waals surface area (Å²) >= 11 is 0. The smallest absolute Gasteiger partial charge is 0.0271 e. The van der Waals surface area contributed by atoms with Crippen molar-refractivity contribution in [2.75, 3.05) is 0 Å². The zero-order chi connectivity index (χ0) is 5.70. The van der Waals surface area contributed by atoms with E-state index in [0.717, 1.165) is 18.5 Å². The summed E-state index contributed by atoms with van der Waals surface area (Å²) in [6.07, 6.45) is 3.79. The van der Waals surface area contributed by atoms with Crippen molar-refractivity contribution in [3.63, 3.8) is 0 Å². The molecule has 0 aromatic rings. The zero-order valence-corrected chi connectivity index (χ0v) is 4.99. The number of hydrogen-bond donors (Lipinski definition) is 0. The number of hydrogen-bond acceptors (Lipinski definition) is 0. The Labute approximate surface area is 45.2 Å². The van der Waals surface area contributed by atoms with Crippen molar-refractivity contribution >= 4 is 0 Å². The van der Waals surface area contributed by atoms with E-state index in [1.807, 2.05) is 19.9 Å². The van der Waals surface area contributed by atoms with Crippen LogP contribution < -0.4 is 5.73 Å². The topological polar surface area (TPSA) is 23.8 Å². The predicted molar refractivity (Wildman–Crippen MR) is 31.8 cm³/mol. The van der Waals surface area contributed by atoms with Crippen LogP contribution in [0.1, 0.15) is 26.7 Å². The summed E-state index contributed by atoms with van der Waals surface area (Å²) in [5, 5.41) is 0. The molecule has 0 heterocycles. The maximum absolute atomic E-state index is 7.08. The van der Waals surface area contributed by atoms with Crippen LogP contribution in [0.2, 0.25) is 0 Å². The van der Waals surface area contributed by atoms with E-state index in [0.29, 0.717) is 0 Å². The van der Waals surface area contributed by atoms with E-state index in [9.17, 15) is 0 Å². The Morgan fingerprint density at radius 1 is 1.57 bits per heavy atom. The van der Waals surface area contributed by atoms with Gasteiger partial charge >= 0.3 is 0 Å². The Bertz CT molecular complexity index is 64.6. The molecule has 0 aromatic heterocycles. The van der Waals surface area contributed by atoms with Gasteiger partial charge in [0.2, 0.25) is 0 Å². The lowest BCUT2D eigenvalue weighted by Crippen LogP contribution is -1.76. The molecule has 0 amide bonds. The van der Waals surface area contributed by atoms with E-state index in [2.05, 4.69) is 0 Å². The standard InChI is InChI=1S/C6H12N/c1-3-5-6(7)4-2/h5,7H,3-4H2,1-2H3/b6-5+. The average Bonchev–Trinajstić information content (AvgIpc) is 1.68. The first-order valence-corrected chi connectivity index (χ1v) is 2.71. The summed E-state index contributed by atoms with van der Waals surface area (Å²) < 4.78 is 0. The molecule has 0 saturated carbocycles. The first-order chi connectivity index (χ1) is 3.31. The molecule has 1 radical (unpaired) electrons. The molecule has 0 aliphatic carbocycles. The zero-order valence-electron chi connectivity index (χ0n) is 4.99. The van der Waals surface area contributed by atoms with Crippen LogP contribution in [0.25, 0.3) is 0 Å². The van der Waals surface area contributed by atoms with Crippen molar-refractivity contribution in [3.05, 3.63) is 11.8 Å². The second kappa shape index (κ2) is 3.72. The van der Waals surface area contributed by atoms with Crippen LogP contribution in [0.5, 0.6) is 0 Å². The molecule has 0 spiro atoms. The molecule has 1 N–H and O–H groups in total. The molecule has 0 bridgehead atoms. The van der Waals surface area contributed by atoms with Gasteiger partial charge in [0.05, 0.1) is 0 Å². The van der Waals surface area contributed by atoms with Crippen molar-refractivity contribution in [2.24, 2.45) is 0 Å². The Balaban J connectivity index is 3.29. The third-order valence-corrected chi connectivity index (χ3v) is 0.831. The highest BCUT2D eigenvalue weighted by Crippen LogP contribution is 1.93. The van der Waals surface area contributed by atoms with Gasteiger partial charge in [0, 0.05) is 5.70 Å². The number of nitrogens with one attached hydrogen (secondary N) is 1. The molecule has 1 heteroatoms. The van der Waals surface area contributed by atoms with Gasteiger partial charge in [0.15, 0.2) is 0 Å². The molecular formula is C6H12N. The minimum atomic E-state index is 0.752. The van der Waals surface area contributed by atoms with E-state index >= 15 is 0 Å². The van der Waals surface area contributed by atoms with E-state index in [4.69, 9.17) is 5.73 Å². The van der Waals surface area contributed by atoms with E-state index in [1.165, 1.54) is 0 Å². The molecular weight excluding hydrogens is 86.1 g/mol. The summed E-state index contributed by atoms with van der Waals surface area (Å²) in [7, 11) is 0. The summed E-state index contributed by atoms with van der Waals surface area (Å²) in [5.74, 6) is 0. The maximum atomic E-state index is 7.08. The van der Waals surface area contributed by atoms with Gasteiger partial charge in [-0.3, -0.25) is 0 Å². The van der Waals surface area contributed by atoms with Gasteiger partial charge in [0.1, 0.15) is 0 Å². The van der Waals surface area contributed by atoms with E-state index < -0.39 is 0 Å². The normalized spacial score (nSPS) is 12.0. The van der Waals surface area contributed by atoms with Crippen LogP contribution in [0, 0.1) is 0 Å². The van der Waals surface area contributed by atoms with Gasteiger partial charge in [0.25, 0.3) is 0 Å². The molecule has 0 unspecified atom stereocenters. The van der Waals surface area contributed by atoms with Crippen LogP contribution in [0.4, 0.5) is 0 Å². The molecule has 0 aliphatic heterocycles. The van der Waals surface area contributed by atoms with Crippen LogP contribution in [0.3, 0.4) is 0 Å². The third-order valence-electron chi connectivity index (χ3n) is 0.831. The molecule has 0 rings (SSSR count). The Kier molecular flexibility index (Phi) is 3.48. The molecule has 0 fully saturated rings. The van der Waals surface area contributed by atoms with Crippen LogP contribution >= 0.6 is 0 Å². The molecule has 41 valence electrons. The van der Waals surface area contributed by atoms with E-state index in [1.54, 1.807) is 0 Å². The van der Waals surface area contributed by atoms with Crippen molar-refractivity contribution < 1.29 is 0 Å². The maximum Gasteiger partial charge on any atom is 0.0271 e. The minimum Gasteiger partial charge on any atom is -0.306 e. The highest BCUT2D eigenvalue weighted by Gasteiger charge is 1.78. The van der Waals surface area contributed by atoms with Gasteiger partial charge in [-0.2, -0.15) is 0 Å². The number of rotatable bonds is 2. The van der Waals surface area contributed by atoms with Crippen LogP contribution in [-0.2, 0) is 0 Å². The molecule has 0 saturated heterocycles. The lowest BCUT2D eigenvalue weighted by molar-refractivity contribution is 1.01. The molecule has 7 heavy (non-hydrogen) atoms. The average molecular weight is 98.2 g/mol. The highest BCUT2D eigenvalue weighted by atomic mass is 14.6. The van der Waals surface area contributed by atoms with Crippen molar-refractivity contribution in [3.8, 4) is 0 Å². The van der Waals surface area contributed by atoms with Gasteiger partial charge < -0.3 is 5.73 Å². The summed E-state index contributed by atoms with van der Waals surface area (Å²) in [5.41, 5.74) is 7.83. The first-order valence-electron chi connectivity index (χ1n) is 2.71. The van der Waals surface area contributed by atoms with Crippen LogP contribution in [-0.4, -0.2) is 0 Å². The summed E-state index contributed by atoms with van der Waals surface area (Å²) in [6, 6.07) is 0. The Hall–Kier alpha value is -0.460. The van der Waals surface area contributed by atoms with Gasteiger partial charge in [-0.25, -0.2) is 0 Å². The van der Waals surface area contributed by atoms with Crippen LogP contribution in [0.15, 0.2) is 11.8 Å². The largest absolute Gasteiger partial charge is 0.306 e. The highest BCUT2D eigenvalue weighted by molar-refractivity contribution is 4.92. The lowest BCUT2D eigenvalue weighted by Gasteiger charge is -1.87. The monoisotopic (exact) mass is 98.1 g/mol. The van der Waals surface area contributed by atoms with Gasteiger partial charge in [-0.1, -0.05) is 19.9 Å². The van der Waals surface area contributed by atoms with Crippen molar-refractivity contribution in [2.45, 2.75) is 26.7 Å². The van der Waals surface area contributed by atoms with Crippen molar-refractivity contribution in [1.82, 2.24) is 5.73 Å². The summed E-state index contributed by atoms with van der Waals surface area (Å²) in [4.78, 5) is 0. The molecule has 0 aromatic carbocycles. The second-order valence-electron chi connectivity index (χ2n) is 1.49. The molecule has 0 aliphatic rings. The number of allylic oxidation sites excluding steroid dienone is 2. The second-order valence-corrected chi connectivity index (χ2v) is 1.49. The minimum absolute atomic E-state index is 0.752. The Morgan fingerprint density at radius 2 is 2.14 bits per heavy atom. The van der Waals surface area contributed by atoms with Crippen molar-refractivity contribution in [1.29, 1.82) is 0 Å². The molecule has 0 atom stereocenters. The fraction of sp³-hybridized carbons (Fsp3) is 0.667. The Morgan fingerprint density at radius 3 is 2.29 bits per heavy atom.